The first-order chi connectivity index (χ1) is 13.0. The van der Waals surface area contributed by atoms with Crippen molar-refractivity contribution in [3.05, 3.63) is 65.2 Å². The van der Waals surface area contributed by atoms with E-state index in [0.717, 1.165) is 5.56 Å². The number of carbonyl (C=O) groups is 1. The van der Waals surface area contributed by atoms with Crippen LogP contribution in [0.4, 0.5) is 0 Å². The van der Waals surface area contributed by atoms with E-state index in [4.69, 9.17) is 5.26 Å². The number of benzene rings is 2. The van der Waals surface area contributed by atoms with E-state index < -0.39 is 10.0 Å². The average molecular weight is 404 g/mol. The highest BCUT2D eigenvalue weighted by Crippen LogP contribution is 2.15. The van der Waals surface area contributed by atoms with Crippen molar-refractivity contribution in [2.24, 2.45) is 0 Å². The molecule has 0 unspecified atom stereocenters. The largest absolute Gasteiger partial charge is 0.351 e. The standard InChI is InChI=1S/C19H21N3O3S2/c1-2-22-27(24,25)18-9-7-15(8-10-18)19(23)21-11-12-26-14-17-6-4-3-5-16(17)13-20/h3-10,22H,2,11-12,14H2,1H3,(H,21,23). The molecule has 0 saturated heterocycles. The molecule has 0 spiro atoms. The summed E-state index contributed by atoms with van der Waals surface area (Å²) in [6, 6.07) is 15.4. The summed E-state index contributed by atoms with van der Waals surface area (Å²) in [6.45, 7) is 2.49. The monoisotopic (exact) mass is 403 g/mol. The number of amides is 1. The first-order valence-corrected chi connectivity index (χ1v) is 11.1. The van der Waals surface area contributed by atoms with E-state index in [2.05, 4.69) is 16.1 Å². The molecule has 0 heterocycles. The van der Waals surface area contributed by atoms with E-state index in [1.165, 1.54) is 24.3 Å². The SMILES string of the molecule is CCNS(=O)(=O)c1ccc(C(=O)NCCSCc2ccccc2C#N)cc1. The van der Waals surface area contributed by atoms with Crippen molar-refractivity contribution >= 4 is 27.7 Å². The van der Waals surface area contributed by atoms with E-state index in [1.807, 2.05) is 18.2 Å². The second-order valence-electron chi connectivity index (χ2n) is 5.60. The molecule has 0 aliphatic rings. The molecule has 0 atom stereocenters. The van der Waals surface area contributed by atoms with Crippen molar-refractivity contribution < 1.29 is 13.2 Å². The van der Waals surface area contributed by atoms with Gasteiger partial charge in [0.2, 0.25) is 10.0 Å². The highest BCUT2D eigenvalue weighted by Gasteiger charge is 2.13. The Morgan fingerprint density at radius 3 is 2.52 bits per heavy atom. The van der Waals surface area contributed by atoms with Gasteiger partial charge in [0.1, 0.15) is 0 Å². The average Bonchev–Trinajstić information content (AvgIpc) is 2.68. The Bertz CT molecular complexity index is 920. The maximum Gasteiger partial charge on any atom is 0.251 e. The van der Waals surface area contributed by atoms with Gasteiger partial charge in [0.15, 0.2) is 0 Å². The van der Waals surface area contributed by atoms with Crippen molar-refractivity contribution in [2.75, 3.05) is 18.8 Å². The van der Waals surface area contributed by atoms with Crippen molar-refractivity contribution in [2.45, 2.75) is 17.6 Å². The maximum absolute atomic E-state index is 12.1. The maximum atomic E-state index is 12.1. The van der Waals surface area contributed by atoms with Crippen LogP contribution in [0, 0.1) is 11.3 Å². The zero-order chi connectivity index (χ0) is 19.7. The van der Waals surface area contributed by atoms with Gasteiger partial charge in [-0.2, -0.15) is 17.0 Å². The number of nitrogens with zero attached hydrogens (tertiary/aromatic N) is 1. The number of hydrogen-bond donors (Lipinski definition) is 2. The van der Waals surface area contributed by atoms with E-state index in [1.54, 1.807) is 24.8 Å². The molecule has 1 amide bonds. The second-order valence-corrected chi connectivity index (χ2v) is 8.48. The third kappa shape index (κ3) is 6.10. The number of rotatable bonds is 9. The fourth-order valence-electron chi connectivity index (χ4n) is 2.33. The van der Waals surface area contributed by atoms with E-state index in [9.17, 15) is 13.2 Å². The number of hydrogen-bond acceptors (Lipinski definition) is 5. The highest BCUT2D eigenvalue weighted by molar-refractivity contribution is 7.98. The summed E-state index contributed by atoms with van der Waals surface area (Å²) in [5, 5.41) is 11.9. The van der Waals surface area contributed by atoms with Gasteiger partial charge < -0.3 is 5.32 Å². The van der Waals surface area contributed by atoms with Gasteiger partial charge in [-0.3, -0.25) is 4.79 Å². The number of sulfonamides is 1. The molecule has 2 aromatic carbocycles. The molecule has 0 aromatic heterocycles. The molecule has 142 valence electrons. The Kier molecular flexibility index (Phi) is 7.85. The lowest BCUT2D eigenvalue weighted by Gasteiger charge is -2.08. The molecular formula is C19H21N3O3S2. The number of nitrogens with one attached hydrogen (secondary N) is 2. The molecule has 0 saturated carbocycles. The van der Waals surface area contributed by atoms with E-state index in [0.29, 0.717) is 35.7 Å². The molecule has 6 nitrogen and oxygen atoms in total. The van der Waals surface area contributed by atoms with Crippen molar-refractivity contribution in [1.82, 2.24) is 10.0 Å². The number of carbonyl (C=O) groups excluding carboxylic acids is 1. The van der Waals surface area contributed by atoms with Gasteiger partial charge in [-0.05, 0) is 35.9 Å². The van der Waals surface area contributed by atoms with Crippen LogP contribution in [0.3, 0.4) is 0 Å². The third-order valence-electron chi connectivity index (χ3n) is 3.69. The zero-order valence-corrected chi connectivity index (χ0v) is 16.6. The predicted octanol–water partition coefficient (Wildman–Crippen LogP) is 2.52. The molecule has 2 aromatic rings. The summed E-state index contributed by atoms with van der Waals surface area (Å²) in [7, 11) is -3.52. The normalized spacial score (nSPS) is 11.0. The van der Waals surface area contributed by atoms with Gasteiger partial charge >= 0.3 is 0 Å². The molecule has 2 rings (SSSR count). The minimum Gasteiger partial charge on any atom is -0.351 e. The topological polar surface area (TPSA) is 99.1 Å². The fraction of sp³-hybridized carbons (Fsp3) is 0.263. The molecule has 0 fully saturated rings. The lowest BCUT2D eigenvalue weighted by Crippen LogP contribution is -2.26. The van der Waals surface area contributed by atoms with Crippen LogP contribution < -0.4 is 10.0 Å². The molecular weight excluding hydrogens is 382 g/mol. The number of nitriles is 1. The summed E-state index contributed by atoms with van der Waals surface area (Å²) in [5.41, 5.74) is 2.06. The lowest BCUT2D eigenvalue weighted by molar-refractivity contribution is 0.0956. The molecule has 0 aliphatic carbocycles. The van der Waals surface area contributed by atoms with Crippen molar-refractivity contribution in [3.63, 3.8) is 0 Å². The Morgan fingerprint density at radius 1 is 1.15 bits per heavy atom. The van der Waals surface area contributed by atoms with Gasteiger partial charge in [-0.1, -0.05) is 25.1 Å². The van der Waals surface area contributed by atoms with Crippen LogP contribution >= 0.6 is 11.8 Å². The summed E-state index contributed by atoms with van der Waals surface area (Å²) >= 11 is 1.63. The quantitative estimate of drug-likeness (QED) is 0.627. The van der Waals surface area contributed by atoms with Crippen LogP contribution in [0.5, 0.6) is 0 Å². The van der Waals surface area contributed by atoms with E-state index in [-0.39, 0.29) is 10.8 Å². The van der Waals surface area contributed by atoms with Gasteiger partial charge in [-0.15, -0.1) is 0 Å². The Balaban J connectivity index is 1.80. The molecule has 0 radical (unpaired) electrons. The van der Waals surface area contributed by atoms with Crippen LogP contribution in [0.2, 0.25) is 0 Å². The van der Waals surface area contributed by atoms with Gasteiger partial charge in [0.05, 0.1) is 16.5 Å². The summed E-state index contributed by atoms with van der Waals surface area (Å²) in [4.78, 5) is 12.3. The molecule has 8 heteroatoms. The molecule has 0 aliphatic heterocycles. The fourth-order valence-corrected chi connectivity index (χ4v) is 4.24. The first-order valence-electron chi connectivity index (χ1n) is 8.41. The Hall–Kier alpha value is -2.34. The Morgan fingerprint density at radius 2 is 1.85 bits per heavy atom. The summed E-state index contributed by atoms with van der Waals surface area (Å²) < 4.78 is 26.2. The molecule has 0 bridgehead atoms. The van der Waals surface area contributed by atoms with E-state index >= 15 is 0 Å². The van der Waals surface area contributed by atoms with Gasteiger partial charge in [0.25, 0.3) is 5.91 Å². The minimum atomic E-state index is -3.52. The molecule has 2 N–H and O–H groups in total. The lowest BCUT2D eigenvalue weighted by atomic mass is 10.1. The smallest absolute Gasteiger partial charge is 0.251 e. The highest BCUT2D eigenvalue weighted by atomic mass is 32.2. The number of thioether (sulfide) groups is 1. The first kappa shape index (κ1) is 21.0. The Labute approximate surface area is 164 Å². The zero-order valence-electron chi connectivity index (χ0n) is 14.9. The second kappa shape index (κ2) is 10.1. The molecule has 27 heavy (non-hydrogen) atoms. The van der Waals surface area contributed by atoms with Crippen LogP contribution in [-0.4, -0.2) is 33.2 Å². The van der Waals surface area contributed by atoms with Gasteiger partial charge in [-0.25, -0.2) is 13.1 Å². The van der Waals surface area contributed by atoms with Crippen molar-refractivity contribution in [3.8, 4) is 6.07 Å². The van der Waals surface area contributed by atoms with Crippen LogP contribution in [0.1, 0.15) is 28.4 Å². The van der Waals surface area contributed by atoms with Gasteiger partial charge in [0, 0.05) is 30.2 Å². The predicted molar refractivity (Wildman–Crippen MR) is 107 cm³/mol. The van der Waals surface area contributed by atoms with Crippen LogP contribution in [0.15, 0.2) is 53.4 Å². The van der Waals surface area contributed by atoms with Crippen molar-refractivity contribution in [1.29, 1.82) is 5.26 Å². The minimum absolute atomic E-state index is 0.132. The van der Waals surface area contributed by atoms with Crippen LogP contribution in [-0.2, 0) is 15.8 Å². The third-order valence-corrected chi connectivity index (χ3v) is 6.26. The summed E-state index contributed by atoms with van der Waals surface area (Å²) in [5.74, 6) is 1.16. The van der Waals surface area contributed by atoms with Crippen LogP contribution in [0.25, 0.3) is 0 Å². The summed E-state index contributed by atoms with van der Waals surface area (Å²) in [6.07, 6.45) is 0.